The van der Waals surface area contributed by atoms with Crippen LogP contribution in [-0.4, -0.2) is 64.0 Å². The lowest BCUT2D eigenvalue weighted by Gasteiger charge is -2.39. The zero-order chi connectivity index (χ0) is 23.0. The molecule has 1 aromatic carbocycles. The molecule has 2 saturated heterocycles. The van der Waals surface area contributed by atoms with Crippen LogP contribution in [0.15, 0.2) is 34.9 Å². The Bertz CT molecular complexity index is 910. The van der Waals surface area contributed by atoms with Gasteiger partial charge in [0.15, 0.2) is 5.82 Å². The van der Waals surface area contributed by atoms with Crippen molar-refractivity contribution in [3.63, 3.8) is 0 Å². The molecule has 178 valence electrons. The maximum absolute atomic E-state index is 13.0. The highest BCUT2D eigenvalue weighted by atomic mass is 16.5. The number of amides is 2. The second-order valence-electron chi connectivity index (χ2n) is 8.96. The molecule has 2 aliphatic heterocycles. The summed E-state index contributed by atoms with van der Waals surface area (Å²) in [5.74, 6) is 2.16. The Balaban J connectivity index is 1.38. The number of aromatic nitrogens is 2. The van der Waals surface area contributed by atoms with E-state index in [0.717, 1.165) is 31.7 Å². The topological polar surface area (TPSA) is 88.8 Å². The number of aryl methyl sites for hydroxylation is 2. The van der Waals surface area contributed by atoms with Crippen LogP contribution in [0.2, 0.25) is 0 Å². The minimum atomic E-state index is -0.0896. The van der Waals surface area contributed by atoms with Gasteiger partial charge < -0.3 is 19.1 Å². The van der Waals surface area contributed by atoms with Gasteiger partial charge in [-0.15, -0.1) is 0 Å². The fourth-order valence-corrected chi connectivity index (χ4v) is 4.67. The van der Waals surface area contributed by atoms with Gasteiger partial charge in [-0.1, -0.05) is 30.3 Å². The highest BCUT2D eigenvalue weighted by Crippen LogP contribution is 2.27. The number of hydrogen-bond acceptors (Lipinski definition) is 6. The summed E-state index contributed by atoms with van der Waals surface area (Å²) in [5.41, 5.74) is 0. The molecule has 0 radical (unpaired) electrons. The molecule has 2 fully saturated rings. The Morgan fingerprint density at radius 2 is 1.85 bits per heavy atom. The number of likely N-dealkylation sites (tertiary alicyclic amines) is 2. The molecule has 8 nitrogen and oxygen atoms in total. The zero-order valence-corrected chi connectivity index (χ0v) is 19.4. The van der Waals surface area contributed by atoms with Gasteiger partial charge in [0, 0.05) is 64.2 Å². The lowest BCUT2D eigenvalue weighted by molar-refractivity contribution is -0.139. The minimum Gasteiger partial charge on any atom is -0.490 e. The number of para-hydroxylation sites is 1. The fourth-order valence-electron chi connectivity index (χ4n) is 4.67. The highest BCUT2D eigenvalue weighted by Gasteiger charge is 2.35. The molecule has 0 saturated carbocycles. The molecule has 2 aromatic rings. The van der Waals surface area contributed by atoms with Crippen LogP contribution in [0.4, 0.5) is 0 Å². The first-order valence-electron chi connectivity index (χ1n) is 12.2. The van der Waals surface area contributed by atoms with E-state index in [0.29, 0.717) is 56.9 Å². The van der Waals surface area contributed by atoms with E-state index in [1.807, 2.05) is 47.1 Å². The normalized spacial score (nSPS) is 21.1. The first-order chi connectivity index (χ1) is 16.1. The molecule has 2 amide bonds. The van der Waals surface area contributed by atoms with Crippen molar-refractivity contribution in [3.05, 3.63) is 42.0 Å². The quantitative estimate of drug-likeness (QED) is 0.608. The van der Waals surface area contributed by atoms with Gasteiger partial charge in [0.2, 0.25) is 17.7 Å². The van der Waals surface area contributed by atoms with E-state index in [4.69, 9.17) is 9.26 Å². The van der Waals surface area contributed by atoms with E-state index in [1.54, 1.807) is 0 Å². The molecule has 33 heavy (non-hydrogen) atoms. The fraction of sp³-hybridized carbons (Fsp3) is 0.600. The van der Waals surface area contributed by atoms with Crippen molar-refractivity contribution < 1.29 is 18.8 Å². The maximum Gasteiger partial charge on any atom is 0.227 e. The molecule has 0 bridgehead atoms. The summed E-state index contributed by atoms with van der Waals surface area (Å²) in [5, 5.41) is 3.89. The molecule has 4 rings (SSSR count). The summed E-state index contributed by atoms with van der Waals surface area (Å²) >= 11 is 0. The standard InChI is InChI=1S/C25H34N4O4/c1-2-22-26-23(33-27-22)11-12-24(30)29-16-13-21(32-20-9-5-3-6-10-20)19(18-29)17-25(31)28-14-7-4-8-15-28/h3,5-6,9-10,19,21H,2,4,7-8,11-18H2,1H3/t19-,21-/m0/s1. The number of hydrogen-bond donors (Lipinski definition) is 0. The van der Waals surface area contributed by atoms with E-state index in [1.165, 1.54) is 6.42 Å². The summed E-state index contributed by atoms with van der Waals surface area (Å²) < 4.78 is 11.5. The second-order valence-corrected chi connectivity index (χ2v) is 8.96. The molecule has 0 aliphatic carbocycles. The minimum absolute atomic E-state index is 0.0348. The molecular formula is C25H34N4O4. The Hall–Kier alpha value is -2.90. The van der Waals surface area contributed by atoms with E-state index < -0.39 is 0 Å². The smallest absolute Gasteiger partial charge is 0.227 e. The van der Waals surface area contributed by atoms with E-state index in [-0.39, 0.29) is 23.8 Å². The summed E-state index contributed by atoms with van der Waals surface area (Å²) in [6.07, 6.45) is 5.82. The van der Waals surface area contributed by atoms with Crippen LogP contribution in [0.1, 0.15) is 57.2 Å². The number of rotatable bonds is 8. The monoisotopic (exact) mass is 454 g/mol. The average Bonchev–Trinajstić information content (AvgIpc) is 3.33. The first-order valence-corrected chi connectivity index (χ1v) is 12.2. The lowest BCUT2D eigenvalue weighted by atomic mass is 9.90. The van der Waals surface area contributed by atoms with Crippen LogP contribution >= 0.6 is 0 Å². The zero-order valence-electron chi connectivity index (χ0n) is 19.4. The van der Waals surface area contributed by atoms with Crippen molar-refractivity contribution in [3.8, 4) is 5.75 Å². The molecule has 0 N–H and O–H groups in total. The van der Waals surface area contributed by atoms with Gasteiger partial charge in [-0.3, -0.25) is 9.59 Å². The lowest BCUT2D eigenvalue weighted by Crippen LogP contribution is -2.50. The van der Waals surface area contributed by atoms with Gasteiger partial charge in [0.05, 0.1) is 0 Å². The van der Waals surface area contributed by atoms with Gasteiger partial charge in [-0.25, -0.2) is 0 Å². The molecular weight excluding hydrogens is 420 g/mol. The van der Waals surface area contributed by atoms with Crippen LogP contribution in [0.3, 0.4) is 0 Å². The third kappa shape index (κ3) is 6.33. The number of carbonyl (C=O) groups excluding carboxylic acids is 2. The Morgan fingerprint density at radius 3 is 2.58 bits per heavy atom. The molecule has 1 aromatic heterocycles. The van der Waals surface area contributed by atoms with Gasteiger partial charge in [-0.2, -0.15) is 4.98 Å². The Morgan fingerprint density at radius 1 is 1.06 bits per heavy atom. The second kappa shape index (κ2) is 11.3. The van der Waals surface area contributed by atoms with Crippen molar-refractivity contribution in [2.24, 2.45) is 5.92 Å². The number of benzene rings is 1. The van der Waals surface area contributed by atoms with E-state index in [9.17, 15) is 9.59 Å². The summed E-state index contributed by atoms with van der Waals surface area (Å²) in [6, 6.07) is 9.73. The number of piperidine rings is 2. The highest BCUT2D eigenvalue weighted by molar-refractivity contribution is 5.78. The Kier molecular flexibility index (Phi) is 7.96. The molecule has 8 heteroatoms. The van der Waals surface area contributed by atoms with E-state index >= 15 is 0 Å². The van der Waals surface area contributed by atoms with Crippen molar-refractivity contribution in [1.82, 2.24) is 19.9 Å². The summed E-state index contributed by atoms with van der Waals surface area (Å²) in [4.78, 5) is 34.1. The molecule has 2 aliphatic rings. The van der Waals surface area contributed by atoms with Gasteiger partial charge in [0.25, 0.3) is 0 Å². The van der Waals surface area contributed by atoms with Crippen LogP contribution < -0.4 is 4.74 Å². The van der Waals surface area contributed by atoms with Gasteiger partial charge in [0.1, 0.15) is 11.9 Å². The van der Waals surface area contributed by atoms with Gasteiger partial charge in [-0.05, 0) is 31.4 Å². The van der Waals surface area contributed by atoms with Crippen molar-refractivity contribution in [1.29, 1.82) is 0 Å². The predicted octanol–water partition coefficient (Wildman–Crippen LogP) is 3.26. The maximum atomic E-state index is 13.0. The average molecular weight is 455 g/mol. The van der Waals surface area contributed by atoms with Crippen molar-refractivity contribution in [2.45, 2.75) is 64.4 Å². The molecule has 0 spiro atoms. The van der Waals surface area contributed by atoms with Crippen LogP contribution in [0, 0.1) is 5.92 Å². The van der Waals surface area contributed by atoms with Crippen molar-refractivity contribution >= 4 is 11.8 Å². The number of ether oxygens (including phenoxy) is 1. The summed E-state index contributed by atoms with van der Waals surface area (Å²) in [6.45, 7) is 4.78. The third-order valence-corrected chi connectivity index (χ3v) is 6.57. The largest absolute Gasteiger partial charge is 0.490 e. The SMILES string of the molecule is CCc1noc(CCC(=O)N2CC[C@H](Oc3ccccc3)[C@@H](CC(=O)N3CCCCC3)C2)n1. The number of carbonyl (C=O) groups is 2. The number of nitrogens with zero attached hydrogens (tertiary/aromatic N) is 4. The molecule has 3 heterocycles. The van der Waals surface area contributed by atoms with Crippen molar-refractivity contribution in [2.75, 3.05) is 26.2 Å². The van der Waals surface area contributed by atoms with E-state index in [2.05, 4.69) is 10.1 Å². The van der Waals surface area contributed by atoms with Crippen LogP contribution in [0.5, 0.6) is 5.75 Å². The van der Waals surface area contributed by atoms with Crippen LogP contribution in [0.25, 0.3) is 0 Å². The van der Waals surface area contributed by atoms with Gasteiger partial charge >= 0.3 is 0 Å². The Labute approximate surface area is 195 Å². The molecule has 2 atom stereocenters. The third-order valence-electron chi connectivity index (χ3n) is 6.57. The summed E-state index contributed by atoms with van der Waals surface area (Å²) in [7, 11) is 0. The molecule has 0 unspecified atom stereocenters. The van der Waals surface area contributed by atoms with Crippen LogP contribution in [-0.2, 0) is 22.4 Å². The first kappa shape index (κ1) is 23.3. The predicted molar refractivity (Wildman–Crippen MR) is 123 cm³/mol.